The number of aryl methyl sites for hydroxylation is 1. The number of aliphatic hydroxyl groups excluding tert-OH is 1. The molecule has 0 radical (unpaired) electrons. The van der Waals surface area contributed by atoms with Crippen molar-refractivity contribution >= 4 is 29.5 Å². The van der Waals surface area contributed by atoms with Crippen molar-refractivity contribution in [1.82, 2.24) is 20.5 Å². The lowest BCUT2D eigenvalue weighted by Crippen LogP contribution is -2.57. The minimum Gasteiger partial charge on any atom is -0.381 e. The third-order valence-electron chi connectivity index (χ3n) is 6.71. The molecule has 0 bridgehead atoms. The zero-order valence-corrected chi connectivity index (χ0v) is 22.2. The Bertz CT molecular complexity index is 1260. The Kier molecular flexibility index (Phi) is 9.15. The molecule has 2 unspecified atom stereocenters. The fourth-order valence-electron chi connectivity index (χ4n) is 4.48. The highest BCUT2D eigenvalue weighted by Crippen LogP contribution is 2.30. The third-order valence-corrected chi connectivity index (χ3v) is 7.93. The summed E-state index contributed by atoms with van der Waals surface area (Å²) in [6.07, 6.45) is 1.71. The number of benzene rings is 2. The van der Waals surface area contributed by atoms with Gasteiger partial charge in [-0.15, -0.1) is 11.8 Å². The fraction of sp³-hybridized carbons (Fsp3) is 0.310. The second-order valence-electron chi connectivity index (χ2n) is 9.35. The molecular weight excluding hydrogens is 500 g/mol. The zero-order valence-electron chi connectivity index (χ0n) is 21.4. The summed E-state index contributed by atoms with van der Waals surface area (Å²) >= 11 is 1.48. The molecule has 2 aromatic carbocycles. The minimum atomic E-state index is -1.54. The van der Waals surface area contributed by atoms with Crippen molar-refractivity contribution in [3.8, 4) is 0 Å². The molecule has 1 aliphatic rings. The SMILES string of the molecule is Cc1ccccc1CNC(=O)[C@@H]1C(C)SCN1C(=O)[C@@H](O)C(Cc1ccccc1)NC(=O)c1ccncc1. The van der Waals surface area contributed by atoms with Gasteiger partial charge in [0, 0.05) is 29.8 Å². The van der Waals surface area contributed by atoms with E-state index >= 15 is 0 Å². The summed E-state index contributed by atoms with van der Waals surface area (Å²) < 4.78 is 0. The molecule has 1 fully saturated rings. The van der Waals surface area contributed by atoms with Crippen LogP contribution in [0.5, 0.6) is 0 Å². The van der Waals surface area contributed by atoms with Crippen LogP contribution in [0, 0.1) is 6.92 Å². The average Bonchev–Trinajstić information content (AvgIpc) is 3.33. The van der Waals surface area contributed by atoms with E-state index in [2.05, 4.69) is 15.6 Å². The fourth-order valence-corrected chi connectivity index (χ4v) is 5.62. The molecule has 0 spiro atoms. The van der Waals surface area contributed by atoms with Crippen LogP contribution in [0.3, 0.4) is 0 Å². The van der Waals surface area contributed by atoms with Crippen molar-refractivity contribution in [2.45, 2.75) is 50.3 Å². The predicted molar refractivity (Wildman–Crippen MR) is 147 cm³/mol. The first-order chi connectivity index (χ1) is 18.3. The van der Waals surface area contributed by atoms with Gasteiger partial charge in [0.2, 0.25) is 5.91 Å². The van der Waals surface area contributed by atoms with Gasteiger partial charge >= 0.3 is 0 Å². The second-order valence-corrected chi connectivity index (χ2v) is 10.7. The number of rotatable bonds is 9. The molecule has 1 aromatic heterocycles. The number of carbonyl (C=O) groups is 3. The van der Waals surface area contributed by atoms with Gasteiger partial charge in [-0.05, 0) is 42.2 Å². The van der Waals surface area contributed by atoms with Gasteiger partial charge in [-0.2, -0.15) is 0 Å². The Hall–Kier alpha value is -3.69. The van der Waals surface area contributed by atoms with E-state index < -0.39 is 30.0 Å². The largest absolute Gasteiger partial charge is 0.381 e. The summed E-state index contributed by atoms with van der Waals surface area (Å²) in [4.78, 5) is 45.1. The third kappa shape index (κ3) is 6.59. The topological polar surface area (TPSA) is 112 Å². The number of pyridine rings is 1. The standard InChI is InChI=1S/C29H32N4O4S/c1-19-8-6-7-11-23(19)17-31-28(36)25-20(2)38-18-33(25)29(37)26(34)24(16-21-9-4-3-5-10-21)32-27(35)22-12-14-30-15-13-22/h3-15,20,24-26,34H,16-18H2,1-2H3,(H,31,36)(H,32,35)/t20?,24?,25-,26-/m0/s1. The normalized spacial score (nSPS) is 18.4. The molecule has 3 amide bonds. The van der Waals surface area contributed by atoms with Crippen LogP contribution in [-0.4, -0.2) is 62.0 Å². The van der Waals surface area contributed by atoms with E-state index in [9.17, 15) is 19.5 Å². The molecule has 0 aliphatic carbocycles. The van der Waals surface area contributed by atoms with Crippen LogP contribution >= 0.6 is 11.8 Å². The summed E-state index contributed by atoms with van der Waals surface area (Å²) in [5.41, 5.74) is 3.30. The van der Waals surface area contributed by atoms with E-state index in [0.29, 0.717) is 12.1 Å². The van der Waals surface area contributed by atoms with E-state index in [-0.39, 0.29) is 23.5 Å². The summed E-state index contributed by atoms with van der Waals surface area (Å²) in [6.45, 7) is 4.23. The highest BCUT2D eigenvalue weighted by molar-refractivity contribution is 8.00. The molecular formula is C29H32N4O4S. The number of carbonyl (C=O) groups excluding carboxylic acids is 3. The zero-order chi connectivity index (χ0) is 27.1. The van der Waals surface area contributed by atoms with Crippen molar-refractivity contribution < 1.29 is 19.5 Å². The maximum atomic E-state index is 13.6. The van der Waals surface area contributed by atoms with Crippen LogP contribution in [0.4, 0.5) is 0 Å². The van der Waals surface area contributed by atoms with Crippen molar-refractivity contribution in [2.24, 2.45) is 0 Å². The molecule has 1 saturated heterocycles. The van der Waals surface area contributed by atoms with Gasteiger partial charge in [-0.3, -0.25) is 19.4 Å². The van der Waals surface area contributed by atoms with Gasteiger partial charge in [-0.25, -0.2) is 0 Å². The number of nitrogens with one attached hydrogen (secondary N) is 2. The first-order valence-corrected chi connectivity index (χ1v) is 13.6. The molecule has 198 valence electrons. The molecule has 3 aromatic rings. The Morgan fingerprint density at radius 3 is 2.45 bits per heavy atom. The Balaban J connectivity index is 1.50. The smallest absolute Gasteiger partial charge is 0.254 e. The van der Waals surface area contributed by atoms with Gasteiger partial charge in [0.1, 0.15) is 6.04 Å². The second kappa shape index (κ2) is 12.7. The minimum absolute atomic E-state index is 0.151. The van der Waals surface area contributed by atoms with E-state index in [1.54, 1.807) is 12.1 Å². The predicted octanol–water partition coefficient (Wildman–Crippen LogP) is 2.70. The van der Waals surface area contributed by atoms with Crippen LogP contribution in [0.1, 0.15) is 34.0 Å². The van der Waals surface area contributed by atoms with Crippen LogP contribution < -0.4 is 10.6 Å². The number of hydrogen-bond donors (Lipinski definition) is 3. The number of hydrogen-bond acceptors (Lipinski definition) is 6. The lowest BCUT2D eigenvalue weighted by Gasteiger charge is -2.30. The van der Waals surface area contributed by atoms with Crippen LogP contribution in [0.25, 0.3) is 0 Å². The van der Waals surface area contributed by atoms with E-state index in [1.807, 2.05) is 68.4 Å². The summed E-state index contributed by atoms with van der Waals surface area (Å²) in [6, 6.07) is 18.6. The van der Waals surface area contributed by atoms with Crippen LogP contribution in [0.2, 0.25) is 0 Å². The maximum Gasteiger partial charge on any atom is 0.254 e. The first kappa shape index (κ1) is 27.3. The number of nitrogens with zero attached hydrogens (tertiary/aromatic N) is 2. The molecule has 1 aliphatic heterocycles. The molecule has 9 heteroatoms. The monoisotopic (exact) mass is 532 g/mol. The lowest BCUT2D eigenvalue weighted by molar-refractivity contribution is -0.146. The van der Waals surface area contributed by atoms with Gasteiger partial charge in [0.25, 0.3) is 11.8 Å². The number of amides is 3. The average molecular weight is 533 g/mol. The molecule has 0 saturated carbocycles. The summed E-state index contributed by atoms with van der Waals surface area (Å²) in [7, 11) is 0. The Morgan fingerprint density at radius 2 is 1.74 bits per heavy atom. The van der Waals surface area contributed by atoms with Gasteiger partial charge < -0.3 is 20.6 Å². The summed E-state index contributed by atoms with van der Waals surface area (Å²) in [5.74, 6) is -1.01. The molecule has 38 heavy (non-hydrogen) atoms. The van der Waals surface area contributed by atoms with Crippen molar-refractivity contribution in [1.29, 1.82) is 0 Å². The van der Waals surface area contributed by atoms with Gasteiger partial charge in [0.05, 0.1) is 11.9 Å². The number of aromatic nitrogens is 1. The molecule has 4 rings (SSSR count). The molecule has 4 atom stereocenters. The molecule has 8 nitrogen and oxygen atoms in total. The van der Waals surface area contributed by atoms with Crippen LogP contribution in [0.15, 0.2) is 79.1 Å². The Morgan fingerprint density at radius 1 is 1.05 bits per heavy atom. The molecule has 2 heterocycles. The maximum absolute atomic E-state index is 13.6. The highest BCUT2D eigenvalue weighted by atomic mass is 32.2. The summed E-state index contributed by atoms with van der Waals surface area (Å²) in [5, 5.41) is 16.9. The first-order valence-electron chi connectivity index (χ1n) is 12.5. The van der Waals surface area contributed by atoms with Gasteiger partial charge in [-0.1, -0.05) is 61.5 Å². The van der Waals surface area contributed by atoms with E-state index in [0.717, 1.165) is 16.7 Å². The Labute approximate surface area is 226 Å². The van der Waals surface area contributed by atoms with E-state index in [4.69, 9.17) is 0 Å². The van der Waals surface area contributed by atoms with E-state index in [1.165, 1.54) is 29.1 Å². The lowest BCUT2D eigenvalue weighted by atomic mass is 9.99. The number of thioether (sulfide) groups is 1. The van der Waals surface area contributed by atoms with Crippen molar-refractivity contribution in [3.63, 3.8) is 0 Å². The van der Waals surface area contributed by atoms with Crippen molar-refractivity contribution in [3.05, 3.63) is 101 Å². The van der Waals surface area contributed by atoms with Crippen molar-refractivity contribution in [2.75, 3.05) is 5.88 Å². The quantitative estimate of drug-likeness (QED) is 0.391. The highest BCUT2D eigenvalue weighted by Gasteiger charge is 2.43. The number of aliphatic hydroxyl groups is 1. The molecule has 3 N–H and O–H groups in total. The van der Waals surface area contributed by atoms with Crippen LogP contribution in [-0.2, 0) is 22.6 Å². The van der Waals surface area contributed by atoms with Gasteiger partial charge in [0.15, 0.2) is 6.10 Å².